The Morgan fingerprint density at radius 3 is 2.67 bits per heavy atom. The predicted octanol–water partition coefficient (Wildman–Crippen LogP) is 2.28. The quantitative estimate of drug-likeness (QED) is 0.878. The number of carbonyl (C=O) groups excluding carboxylic acids is 1. The van der Waals surface area contributed by atoms with Gasteiger partial charge in [-0.2, -0.15) is 4.98 Å². The Bertz CT molecular complexity index is 646. The van der Waals surface area contributed by atoms with Gasteiger partial charge < -0.3 is 20.1 Å². The summed E-state index contributed by atoms with van der Waals surface area (Å²) in [5, 5.41) is 5.59. The predicted molar refractivity (Wildman–Crippen MR) is 79.0 cm³/mol. The molecule has 0 saturated carbocycles. The van der Waals surface area contributed by atoms with Gasteiger partial charge >= 0.3 is 0 Å². The first-order chi connectivity index (χ1) is 10.2. The zero-order valence-corrected chi connectivity index (χ0v) is 12.0. The summed E-state index contributed by atoms with van der Waals surface area (Å²) in [5.41, 5.74) is 0.552. The molecule has 2 aromatic rings. The van der Waals surface area contributed by atoms with Crippen molar-refractivity contribution < 1.29 is 14.3 Å². The summed E-state index contributed by atoms with van der Waals surface area (Å²) in [5.74, 6) is 1.44. The van der Waals surface area contributed by atoms with E-state index in [2.05, 4.69) is 20.6 Å². The van der Waals surface area contributed by atoms with Crippen LogP contribution in [0, 0.1) is 0 Å². The zero-order valence-electron chi connectivity index (χ0n) is 12.0. The van der Waals surface area contributed by atoms with E-state index in [-0.39, 0.29) is 11.8 Å². The lowest BCUT2D eigenvalue weighted by atomic mass is 10.3. The van der Waals surface area contributed by atoms with E-state index in [1.807, 2.05) is 0 Å². The van der Waals surface area contributed by atoms with Crippen LogP contribution in [0.25, 0.3) is 0 Å². The van der Waals surface area contributed by atoms with Gasteiger partial charge in [-0.15, -0.1) is 0 Å². The Morgan fingerprint density at radius 2 is 2.00 bits per heavy atom. The third-order valence-corrected chi connectivity index (χ3v) is 2.62. The minimum atomic E-state index is -0.184. The normalized spacial score (nSPS) is 9.86. The maximum atomic E-state index is 11.2. The van der Waals surface area contributed by atoms with Crippen molar-refractivity contribution in [2.24, 2.45) is 0 Å². The summed E-state index contributed by atoms with van der Waals surface area (Å²) >= 11 is 0. The number of amides is 1. The molecule has 7 nitrogen and oxygen atoms in total. The van der Waals surface area contributed by atoms with Crippen LogP contribution in [0.4, 0.5) is 11.5 Å². The van der Waals surface area contributed by atoms with Gasteiger partial charge in [-0.3, -0.25) is 4.79 Å². The molecule has 1 heterocycles. The number of ether oxygens (including phenoxy) is 2. The Labute approximate surface area is 122 Å². The van der Waals surface area contributed by atoms with Crippen LogP contribution in [-0.4, -0.2) is 30.0 Å². The van der Waals surface area contributed by atoms with Crippen molar-refractivity contribution in [1.82, 2.24) is 9.97 Å². The number of methoxy groups -OCH3 is 1. The fraction of sp³-hybridized carbons (Fsp3) is 0.214. The summed E-state index contributed by atoms with van der Waals surface area (Å²) in [6.45, 7) is 1.43. The number of benzene rings is 1. The van der Waals surface area contributed by atoms with E-state index in [0.29, 0.717) is 23.0 Å². The monoisotopic (exact) mass is 288 g/mol. The molecule has 2 rings (SSSR count). The molecule has 0 aliphatic carbocycles. The van der Waals surface area contributed by atoms with Gasteiger partial charge in [0, 0.05) is 14.0 Å². The number of carbonyl (C=O) groups is 1. The first-order valence-corrected chi connectivity index (χ1v) is 6.27. The smallest absolute Gasteiger partial charge is 0.268 e. The number of anilines is 2. The molecule has 7 heteroatoms. The maximum absolute atomic E-state index is 11.2. The van der Waals surface area contributed by atoms with Gasteiger partial charge in [-0.1, -0.05) is 12.1 Å². The molecule has 0 radical (unpaired) electrons. The number of nitrogens with zero attached hydrogens (tertiary/aromatic N) is 2. The SMILES string of the molecule is CNc1ncnc(Oc2ccccc2NC(C)=O)c1OC. The molecule has 0 aliphatic heterocycles. The van der Waals surface area contributed by atoms with E-state index in [9.17, 15) is 4.79 Å². The second-order valence-corrected chi connectivity index (χ2v) is 4.09. The van der Waals surface area contributed by atoms with Crippen molar-refractivity contribution in [3.05, 3.63) is 30.6 Å². The Morgan fingerprint density at radius 1 is 1.24 bits per heavy atom. The molecular formula is C14H16N4O3. The van der Waals surface area contributed by atoms with Crippen molar-refractivity contribution in [2.45, 2.75) is 6.92 Å². The summed E-state index contributed by atoms with van der Waals surface area (Å²) in [6, 6.07) is 7.07. The van der Waals surface area contributed by atoms with E-state index < -0.39 is 0 Å². The summed E-state index contributed by atoms with van der Waals surface area (Å²) < 4.78 is 11.0. The standard InChI is InChI=1S/C14H16N4O3/c1-9(19)18-10-6-4-5-7-11(10)21-14-12(20-3)13(15-2)16-8-17-14/h4-8H,1-3H3,(H,18,19)(H,15,16,17). The maximum Gasteiger partial charge on any atom is 0.268 e. The van der Waals surface area contributed by atoms with Crippen LogP contribution in [-0.2, 0) is 4.79 Å². The lowest BCUT2D eigenvalue weighted by Crippen LogP contribution is -2.07. The molecule has 0 atom stereocenters. The number of aromatic nitrogens is 2. The molecule has 0 saturated heterocycles. The summed E-state index contributed by atoms with van der Waals surface area (Å²) in [4.78, 5) is 19.3. The minimum absolute atomic E-state index is 0.184. The zero-order chi connectivity index (χ0) is 15.2. The Balaban J connectivity index is 2.36. The molecule has 1 aromatic carbocycles. The largest absolute Gasteiger partial charge is 0.489 e. The highest BCUT2D eigenvalue weighted by Gasteiger charge is 2.15. The number of para-hydroxylation sites is 2. The van der Waals surface area contributed by atoms with E-state index >= 15 is 0 Å². The number of hydrogen-bond donors (Lipinski definition) is 2. The van der Waals surface area contributed by atoms with Gasteiger partial charge in [0.2, 0.25) is 11.7 Å². The highest BCUT2D eigenvalue weighted by Crippen LogP contribution is 2.36. The lowest BCUT2D eigenvalue weighted by Gasteiger charge is -2.14. The molecule has 1 amide bonds. The van der Waals surface area contributed by atoms with Gasteiger partial charge in [-0.25, -0.2) is 4.98 Å². The second-order valence-electron chi connectivity index (χ2n) is 4.09. The minimum Gasteiger partial charge on any atom is -0.489 e. The summed E-state index contributed by atoms with van der Waals surface area (Å²) in [6.07, 6.45) is 1.37. The van der Waals surface area contributed by atoms with Crippen LogP contribution in [0.2, 0.25) is 0 Å². The number of hydrogen-bond acceptors (Lipinski definition) is 6. The second kappa shape index (κ2) is 6.56. The van der Waals surface area contributed by atoms with E-state index in [1.165, 1.54) is 20.4 Å². The first-order valence-electron chi connectivity index (χ1n) is 6.27. The van der Waals surface area contributed by atoms with Crippen LogP contribution in [0.15, 0.2) is 30.6 Å². The van der Waals surface area contributed by atoms with Gasteiger partial charge in [0.25, 0.3) is 5.88 Å². The molecule has 1 aromatic heterocycles. The van der Waals surface area contributed by atoms with Crippen LogP contribution in [0.5, 0.6) is 17.4 Å². The van der Waals surface area contributed by atoms with Crippen molar-refractivity contribution in [3.63, 3.8) is 0 Å². The van der Waals surface area contributed by atoms with E-state index in [1.54, 1.807) is 31.3 Å². The fourth-order valence-corrected chi connectivity index (χ4v) is 1.75. The third kappa shape index (κ3) is 3.38. The lowest BCUT2D eigenvalue weighted by molar-refractivity contribution is -0.114. The molecule has 110 valence electrons. The molecule has 0 aliphatic rings. The van der Waals surface area contributed by atoms with Crippen LogP contribution in [0.1, 0.15) is 6.92 Å². The van der Waals surface area contributed by atoms with Gasteiger partial charge in [0.15, 0.2) is 11.6 Å². The van der Waals surface area contributed by atoms with Gasteiger partial charge in [-0.05, 0) is 12.1 Å². The summed E-state index contributed by atoms with van der Waals surface area (Å²) in [7, 11) is 3.23. The molecule has 2 N–H and O–H groups in total. The van der Waals surface area contributed by atoms with Crippen molar-refractivity contribution in [3.8, 4) is 17.4 Å². The van der Waals surface area contributed by atoms with Crippen molar-refractivity contribution in [1.29, 1.82) is 0 Å². The molecule has 21 heavy (non-hydrogen) atoms. The van der Waals surface area contributed by atoms with E-state index in [0.717, 1.165) is 0 Å². The van der Waals surface area contributed by atoms with E-state index in [4.69, 9.17) is 9.47 Å². The molecule has 0 unspecified atom stereocenters. The first kappa shape index (κ1) is 14.6. The van der Waals surface area contributed by atoms with Crippen LogP contribution in [0.3, 0.4) is 0 Å². The third-order valence-electron chi connectivity index (χ3n) is 2.62. The molecule has 0 bridgehead atoms. The average Bonchev–Trinajstić information content (AvgIpc) is 2.48. The highest BCUT2D eigenvalue weighted by molar-refractivity contribution is 5.90. The molecule has 0 spiro atoms. The Hall–Kier alpha value is -2.83. The molecular weight excluding hydrogens is 272 g/mol. The average molecular weight is 288 g/mol. The highest BCUT2D eigenvalue weighted by atomic mass is 16.5. The van der Waals surface area contributed by atoms with Crippen molar-refractivity contribution >= 4 is 17.4 Å². The Kier molecular flexibility index (Phi) is 4.55. The van der Waals surface area contributed by atoms with Crippen LogP contribution < -0.4 is 20.1 Å². The van der Waals surface area contributed by atoms with Gasteiger partial charge in [0.1, 0.15) is 6.33 Å². The molecule has 0 fully saturated rings. The topological polar surface area (TPSA) is 85.4 Å². The fourth-order valence-electron chi connectivity index (χ4n) is 1.75. The van der Waals surface area contributed by atoms with Crippen molar-refractivity contribution in [2.75, 3.05) is 24.8 Å². The van der Waals surface area contributed by atoms with Crippen LogP contribution >= 0.6 is 0 Å². The number of nitrogens with one attached hydrogen (secondary N) is 2. The van der Waals surface area contributed by atoms with Gasteiger partial charge in [0.05, 0.1) is 12.8 Å². The number of rotatable bonds is 5.